The third-order valence-corrected chi connectivity index (χ3v) is 11.2. The fourth-order valence-electron chi connectivity index (χ4n) is 6.59. The molecule has 1 unspecified atom stereocenters. The van der Waals surface area contributed by atoms with E-state index in [1.54, 1.807) is 0 Å². The molecule has 0 amide bonds. The van der Waals surface area contributed by atoms with Crippen molar-refractivity contribution in [3.05, 3.63) is 12.2 Å². The number of allylic oxidation sites excluding steroid dienone is 2. The zero-order valence-corrected chi connectivity index (χ0v) is 38.2. The molecule has 332 valence electrons. The fraction of sp³-hybridized carbons (Fsp3) is 0.913. The molecule has 0 aromatic heterocycles. The molecule has 56 heavy (non-hydrogen) atoms. The maximum absolute atomic E-state index is 12.7. The summed E-state index contributed by atoms with van der Waals surface area (Å²) in [4.78, 5) is 37.6. The highest BCUT2D eigenvalue weighted by Gasteiger charge is 2.21. The number of nitrogens with zero attached hydrogens (tertiary/aromatic N) is 1. The lowest BCUT2D eigenvalue weighted by atomic mass is 10.0. The van der Waals surface area contributed by atoms with Crippen LogP contribution in [0.5, 0.6) is 0 Å². The van der Waals surface area contributed by atoms with E-state index in [1.807, 2.05) is 21.1 Å². The summed E-state index contributed by atoms with van der Waals surface area (Å²) >= 11 is 0. The van der Waals surface area contributed by atoms with E-state index in [0.29, 0.717) is 17.4 Å². The molecule has 0 fully saturated rings. The van der Waals surface area contributed by atoms with Crippen LogP contribution < -0.4 is 4.89 Å². The number of ether oxygens (including phenoxy) is 2. The highest BCUT2D eigenvalue weighted by atomic mass is 31.2. The summed E-state index contributed by atoms with van der Waals surface area (Å²) in [5, 5.41) is 0. The van der Waals surface area contributed by atoms with Gasteiger partial charge in [0.2, 0.25) is 0 Å². The largest absolute Gasteiger partial charge is 0.756 e. The summed E-state index contributed by atoms with van der Waals surface area (Å²) in [6.07, 6.45) is 40.9. The van der Waals surface area contributed by atoms with Gasteiger partial charge in [-0.1, -0.05) is 180 Å². The van der Waals surface area contributed by atoms with E-state index in [4.69, 9.17) is 18.5 Å². The fourth-order valence-corrected chi connectivity index (χ4v) is 7.32. The molecule has 0 radical (unpaired) electrons. The minimum absolute atomic E-state index is 0.0310. The summed E-state index contributed by atoms with van der Waals surface area (Å²) in [6.45, 7) is 4.24. The lowest BCUT2D eigenvalue weighted by Gasteiger charge is -2.28. The number of carbonyl (C=O) groups is 2. The van der Waals surface area contributed by atoms with E-state index in [0.717, 1.165) is 38.5 Å². The molecule has 0 heterocycles. The highest BCUT2D eigenvalue weighted by molar-refractivity contribution is 7.45. The van der Waals surface area contributed by atoms with Crippen LogP contribution in [0.4, 0.5) is 0 Å². The van der Waals surface area contributed by atoms with Crippen LogP contribution in [0.3, 0.4) is 0 Å². The van der Waals surface area contributed by atoms with Crippen molar-refractivity contribution in [1.82, 2.24) is 0 Å². The second-order valence-electron chi connectivity index (χ2n) is 17.1. The van der Waals surface area contributed by atoms with Crippen molar-refractivity contribution in [2.24, 2.45) is 0 Å². The van der Waals surface area contributed by atoms with Crippen molar-refractivity contribution < 1.29 is 42.1 Å². The number of phosphoric acid groups is 1. The monoisotopic (exact) mass is 816 g/mol. The van der Waals surface area contributed by atoms with Gasteiger partial charge in [0.15, 0.2) is 6.10 Å². The Morgan fingerprint density at radius 3 is 1.36 bits per heavy atom. The summed E-state index contributed by atoms with van der Waals surface area (Å²) < 4.78 is 33.9. The second-order valence-corrected chi connectivity index (χ2v) is 18.5. The van der Waals surface area contributed by atoms with Crippen LogP contribution >= 0.6 is 7.82 Å². The van der Waals surface area contributed by atoms with Crippen LogP contribution in [-0.4, -0.2) is 70.0 Å². The minimum atomic E-state index is -4.62. The molecule has 0 N–H and O–H groups in total. The molecular weight excluding hydrogens is 725 g/mol. The number of esters is 2. The lowest BCUT2D eigenvalue weighted by Crippen LogP contribution is -2.37. The molecular formula is C46H90NO8P. The molecule has 10 heteroatoms. The quantitative estimate of drug-likeness (QED) is 0.0197. The molecule has 0 aliphatic heterocycles. The number of likely N-dealkylation sites (N-methyl/N-ethyl adjacent to an activating group) is 1. The molecule has 0 saturated heterocycles. The molecule has 0 bridgehead atoms. The van der Waals surface area contributed by atoms with E-state index in [-0.39, 0.29) is 32.0 Å². The summed E-state index contributed by atoms with van der Waals surface area (Å²) in [6, 6.07) is 0. The van der Waals surface area contributed by atoms with E-state index < -0.39 is 26.5 Å². The van der Waals surface area contributed by atoms with Gasteiger partial charge >= 0.3 is 11.9 Å². The maximum Gasteiger partial charge on any atom is 0.306 e. The number of hydrogen-bond donors (Lipinski definition) is 0. The predicted octanol–water partition coefficient (Wildman–Crippen LogP) is 12.7. The van der Waals surface area contributed by atoms with Crippen LogP contribution in [0.25, 0.3) is 0 Å². The van der Waals surface area contributed by atoms with Gasteiger partial charge in [-0.05, 0) is 38.5 Å². The van der Waals surface area contributed by atoms with E-state index in [9.17, 15) is 19.0 Å². The first-order valence-corrected chi connectivity index (χ1v) is 24.9. The van der Waals surface area contributed by atoms with Crippen LogP contribution in [0.1, 0.15) is 219 Å². The topological polar surface area (TPSA) is 111 Å². The van der Waals surface area contributed by atoms with Gasteiger partial charge in [-0.3, -0.25) is 14.2 Å². The van der Waals surface area contributed by atoms with E-state index >= 15 is 0 Å². The number of phosphoric ester groups is 1. The van der Waals surface area contributed by atoms with E-state index in [1.165, 1.54) is 148 Å². The van der Waals surface area contributed by atoms with Crippen molar-refractivity contribution in [3.63, 3.8) is 0 Å². The molecule has 2 atom stereocenters. The summed E-state index contributed by atoms with van der Waals surface area (Å²) in [5.74, 6) is -0.848. The highest BCUT2D eigenvalue weighted by Crippen LogP contribution is 2.38. The Balaban J connectivity index is 4.31. The molecule has 0 rings (SSSR count). The standard InChI is InChI=1S/C46H90NO8P/c1-6-8-10-12-14-16-18-20-22-23-25-26-28-30-32-34-36-38-45(48)52-42-44(43-54-56(50,51)53-41-40-47(3,4)5)55-46(49)39-37-35-33-31-29-27-24-21-19-17-15-13-11-9-7-2/h29,31,44H,6-28,30,32-43H2,1-5H3/b31-29+/t44-/m1/s1. The number of rotatable bonds is 43. The Kier molecular flexibility index (Phi) is 38.3. The Bertz CT molecular complexity index is 969. The molecule has 0 aliphatic rings. The maximum atomic E-state index is 12.7. The number of carbonyl (C=O) groups excluding carboxylic acids is 2. The zero-order valence-electron chi connectivity index (χ0n) is 37.3. The minimum Gasteiger partial charge on any atom is -0.756 e. The van der Waals surface area contributed by atoms with Crippen molar-refractivity contribution in [2.45, 2.75) is 225 Å². The van der Waals surface area contributed by atoms with Gasteiger partial charge in [-0.2, -0.15) is 0 Å². The Morgan fingerprint density at radius 1 is 0.536 bits per heavy atom. The summed E-state index contributed by atoms with van der Waals surface area (Å²) in [5.41, 5.74) is 0. The zero-order chi connectivity index (χ0) is 41.4. The Morgan fingerprint density at radius 2 is 0.911 bits per heavy atom. The SMILES string of the molecule is CCCCCCCCCCC/C=C/CCCCC(=O)O[C@H](COC(=O)CCCCCCCCCCCCCCCCCCC)COP(=O)([O-])OCC[N+](C)(C)C. The van der Waals surface area contributed by atoms with Crippen molar-refractivity contribution in [2.75, 3.05) is 47.5 Å². The van der Waals surface area contributed by atoms with Gasteiger partial charge in [-0.15, -0.1) is 0 Å². The second kappa shape index (κ2) is 39.2. The molecule has 0 spiro atoms. The van der Waals surface area contributed by atoms with Crippen molar-refractivity contribution in [3.8, 4) is 0 Å². The Labute approximate surface area is 346 Å². The third-order valence-electron chi connectivity index (χ3n) is 10.3. The smallest absolute Gasteiger partial charge is 0.306 e. The summed E-state index contributed by atoms with van der Waals surface area (Å²) in [7, 11) is 1.16. The first kappa shape index (κ1) is 54.8. The number of hydrogen-bond acceptors (Lipinski definition) is 8. The third kappa shape index (κ3) is 42.4. The Hall–Kier alpha value is -1.25. The van der Waals surface area contributed by atoms with E-state index in [2.05, 4.69) is 26.0 Å². The molecule has 0 aromatic rings. The molecule has 9 nitrogen and oxygen atoms in total. The number of quaternary nitrogens is 1. The predicted molar refractivity (Wildman–Crippen MR) is 231 cm³/mol. The normalized spacial score (nSPS) is 13.6. The van der Waals surface area contributed by atoms with Crippen LogP contribution in [-0.2, 0) is 32.7 Å². The lowest BCUT2D eigenvalue weighted by molar-refractivity contribution is -0.870. The van der Waals surface area contributed by atoms with Gasteiger partial charge in [0.05, 0.1) is 27.7 Å². The van der Waals surface area contributed by atoms with Gasteiger partial charge in [0.25, 0.3) is 7.82 Å². The van der Waals surface area contributed by atoms with Crippen molar-refractivity contribution in [1.29, 1.82) is 0 Å². The average Bonchev–Trinajstić information content (AvgIpc) is 3.15. The molecule has 0 saturated carbocycles. The first-order valence-electron chi connectivity index (χ1n) is 23.4. The average molecular weight is 816 g/mol. The van der Waals surface area contributed by atoms with Gasteiger partial charge in [-0.25, -0.2) is 0 Å². The van der Waals surface area contributed by atoms with Gasteiger partial charge in [0.1, 0.15) is 19.8 Å². The number of unbranched alkanes of at least 4 members (excludes halogenated alkanes) is 27. The van der Waals surface area contributed by atoms with Gasteiger partial charge in [0, 0.05) is 12.8 Å². The van der Waals surface area contributed by atoms with Crippen molar-refractivity contribution >= 4 is 19.8 Å². The van der Waals surface area contributed by atoms with Crippen LogP contribution in [0.2, 0.25) is 0 Å². The van der Waals surface area contributed by atoms with Gasteiger partial charge < -0.3 is 27.9 Å². The van der Waals surface area contributed by atoms with Crippen LogP contribution in [0.15, 0.2) is 12.2 Å². The van der Waals surface area contributed by atoms with Crippen LogP contribution in [0, 0.1) is 0 Å². The first-order chi connectivity index (χ1) is 27.0. The molecule has 0 aromatic carbocycles. The molecule has 0 aliphatic carbocycles.